The van der Waals surface area contributed by atoms with Crippen LogP contribution in [0.3, 0.4) is 0 Å². The number of hydrogen-bond donors (Lipinski definition) is 0. The van der Waals surface area contributed by atoms with Crippen LogP contribution >= 0.6 is 11.6 Å². The van der Waals surface area contributed by atoms with Crippen LogP contribution in [-0.4, -0.2) is 17.8 Å². The fraction of sp³-hybridized carbons (Fsp3) is 0.263. The van der Waals surface area contributed by atoms with E-state index in [1.165, 1.54) is 0 Å². The summed E-state index contributed by atoms with van der Waals surface area (Å²) >= 11 is 5.54. The molecule has 0 bridgehead atoms. The van der Waals surface area contributed by atoms with E-state index in [1.54, 1.807) is 18.2 Å². The first-order valence-electron chi connectivity index (χ1n) is 7.70. The maximum Gasteiger partial charge on any atom is 0.338 e. The van der Waals surface area contributed by atoms with E-state index in [4.69, 9.17) is 16.3 Å². The number of ether oxygens (including phenoxy) is 1. The zero-order valence-corrected chi connectivity index (χ0v) is 13.4. The smallest absolute Gasteiger partial charge is 0.338 e. The SMILES string of the molecule is O=C(Cl)c1ccc2c(c1)CCCC2COC(=O)c1ccccc1. The minimum absolute atomic E-state index is 0.172. The highest BCUT2D eigenvalue weighted by Crippen LogP contribution is 2.32. The Morgan fingerprint density at radius 3 is 2.61 bits per heavy atom. The molecule has 1 aliphatic rings. The van der Waals surface area contributed by atoms with Crippen LogP contribution in [0.2, 0.25) is 0 Å². The van der Waals surface area contributed by atoms with Crippen LogP contribution < -0.4 is 0 Å². The van der Waals surface area contributed by atoms with Crippen molar-refractivity contribution < 1.29 is 14.3 Å². The molecule has 4 heteroatoms. The van der Waals surface area contributed by atoms with Crippen molar-refractivity contribution in [2.75, 3.05) is 6.61 Å². The number of fused-ring (bicyclic) bond motifs is 1. The highest BCUT2D eigenvalue weighted by molar-refractivity contribution is 6.67. The standard InChI is InChI=1S/C19H17ClO3/c20-18(21)15-9-10-17-14(11-15)7-4-8-16(17)12-23-19(22)13-5-2-1-3-6-13/h1-3,5-6,9-11,16H,4,7-8,12H2. The summed E-state index contributed by atoms with van der Waals surface area (Å²) in [4.78, 5) is 23.3. The summed E-state index contributed by atoms with van der Waals surface area (Å²) in [6, 6.07) is 14.5. The minimum Gasteiger partial charge on any atom is -0.461 e. The molecular formula is C19H17ClO3. The number of benzene rings is 2. The first kappa shape index (κ1) is 15.8. The first-order valence-corrected chi connectivity index (χ1v) is 8.08. The number of rotatable bonds is 4. The Hall–Kier alpha value is -2.13. The molecule has 0 N–H and O–H groups in total. The van der Waals surface area contributed by atoms with Crippen LogP contribution in [0, 0.1) is 0 Å². The minimum atomic E-state index is -0.439. The van der Waals surface area contributed by atoms with Gasteiger partial charge in [0.2, 0.25) is 0 Å². The van der Waals surface area contributed by atoms with E-state index in [1.807, 2.05) is 30.3 Å². The monoisotopic (exact) mass is 328 g/mol. The number of aryl methyl sites for hydroxylation is 1. The van der Waals surface area contributed by atoms with Gasteiger partial charge in [0.15, 0.2) is 0 Å². The van der Waals surface area contributed by atoms with E-state index >= 15 is 0 Å². The van der Waals surface area contributed by atoms with Gasteiger partial charge < -0.3 is 4.74 Å². The van der Waals surface area contributed by atoms with E-state index in [2.05, 4.69) is 0 Å². The maximum atomic E-state index is 12.1. The summed E-state index contributed by atoms with van der Waals surface area (Å²) in [5.74, 6) is -0.129. The molecule has 0 radical (unpaired) electrons. The van der Waals surface area contributed by atoms with Crippen molar-refractivity contribution in [2.45, 2.75) is 25.2 Å². The number of hydrogen-bond acceptors (Lipinski definition) is 3. The van der Waals surface area contributed by atoms with Crippen LogP contribution in [0.15, 0.2) is 48.5 Å². The number of halogens is 1. The molecule has 0 amide bonds. The topological polar surface area (TPSA) is 43.4 Å². The van der Waals surface area contributed by atoms with E-state index < -0.39 is 5.24 Å². The summed E-state index contributed by atoms with van der Waals surface area (Å²) in [6.45, 7) is 0.356. The predicted octanol–water partition coefficient (Wildman–Crippen LogP) is 4.34. The third-order valence-corrected chi connectivity index (χ3v) is 4.45. The third-order valence-electron chi connectivity index (χ3n) is 4.23. The van der Waals surface area contributed by atoms with Crippen molar-refractivity contribution in [1.82, 2.24) is 0 Å². The second kappa shape index (κ2) is 6.97. The average molecular weight is 329 g/mol. The van der Waals surface area contributed by atoms with E-state index in [-0.39, 0.29) is 11.9 Å². The first-order chi connectivity index (χ1) is 11.1. The van der Waals surface area contributed by atoms with Gasteiger partial charge in [-0.05, 0) is 66.3 Å². The molecule has 2 aromatic rings. The molecule has 0 saturated heterocycles. The van der Waals surface area contributed by atoms with Crippen molar-refractivity contribution in [1.29, 1.82) is 0 Å². The van der Waals surface area contributed by atoms with E-state index in [9.17, 15) is 9.59 Å². The average Bonchev–Trinajstić information content (AvgIpc) is 2.59. The van der Waals surface area contributed by atoms with Gasteiger partial charge in [0.25, 0.3) is 5.24 Å². The molecule has 0 heterocycles. The molecule has 3 rings (SSSR count). The number of carbonyl (C=O) groups is 2. The second-order valence-electron chi connectivity index (χ2n) is 5.74. The second-order valence-corrected chi connectivity index (χ2v) is 6.08. The zero-order valence-electron chi connectivity index (χ0n) is 12.6. The van der Waals surface area contributed by atoms with E-state index in [0.717, 1.165) is 30.4 Å². The molecule has 118 valence electrons. The van der Waals surface area contributed by atoms with Gasteiger partial charge in [-0.15, -0.1) is 0 Å². The molecule has 0 spiro atoms. The molecule has 1 unspecified atom stereocenters. The molecular weight excluding hydrogens is 312 g/mol. The summed E-state index contributed by atoms with van der Waals surface area (Å²) in [5.41, 5.74) is 3.36. The highest BCUT2D eigenvalue weighted by atomic mass is 35.5. The quantitative estimate of drug-likeness (QED) is 0.619. The Labute approximate surface area is 140 Å². The molecule has 0 fully saturated rings. The van der Waals surface area contributed by atoms with Crippen molar-refractivity contribution in [3.05, 3.63) is 70.8 Å². The van der Waals surface area contributed by atoms with Crippen LogP contribution in [0.25, 0.3) is 0 Å². The van der Waals surface area contributed by atoms with Crippen molar-refractivity contribution >= 4 is 22.8 Å². The van der Waals surface area contributed by atoms with Crippen LogP contribution in [0.1, 0.15) is 50.6 Å². The van der Waals surface area contributed by atoms with Gasteiger partial charge in [-0.3, -0.25) is 4.79 Å². The molecule has 3 nitrogen and oxygen atoms in total. The lowest BCUT2D eigenvalue weighted by atomic mass is 9.82. The number of esters is 1. The molecule has 1 atom stereocenters. The van der Waals surface area contributed by atoms with Crippen molar-refractivity contribution in [2.24, 2.45) is 0 Å². The van der Waals surface area contributed by atoms with Gasteiger partial charge in [-0.1, -0.05) is 24.3 Å². The Bertz CT molecular complexity index is 725. The van der Waals surface area contributed by atoms with Gasteiger partial charge in [-0.25, -0.2) is 4.79 Å². The summed E-state index contributed by atoms with van der Waals surface area (Å²) in [6.07, 6.45) is 2.92. The van der Waals surface area contributed by atoms with Gasteiger partial charge in [0.1, 0.15) is 0 Å². The van der Waals surface area contributed by atoms with Crippen molar-refractivity contribution in [3.63, 3.8) is 0 Å². The van der Waals surface area contributed by atoms with E-state index in [0.29, 0.717) is 17.7 Å². The Morgan fingerprint density at radius 1 is 1.09 bits per heavy atom. The van der Waals surface area contributed by atoms with Crippen LogP contribution in [0.5, 0.6) is 0 Å². The Kier molecular flexibility index (Phi) is 4.77. The molecule has 1 aliphatic carbocycles. The molecule has 0 aromatic heterocycles. The Balaban J connectivity index is 1.71. The normalized spacial score (nSPS) is 16.5. The third kappa shape index (κ3) is 3.62. The van der Waals surface area contributed by atoms with Crippen LogP contribution in [0.4, 0.5) is 0 Å². The molecule has 0 saturated carbocycles. The predicted molar refractivity (Wildman–Crippen MR) is 89.0 cm³/mol. The Morgan fingerprint density at radius 2 is 1.87 bits per heavy atom. The lowest BCUT2D eigenvalue weighted by molar-refractivity contribution is 0.0472. The molecule has 0 aliphatic heterocycles. The fourth-order valence-corrected chi connectivity index (χ4v) is 3.16. The van der Waals surface area contributed by atoms with Crippen molar-refractivity contribution in [3.8, 4) is 0 Å². The van der Waals surface area contributed by atoms with Crippen LogP contribution in [-0.2, 0) is 11.2 Å². The van der Waals surface area contributed by atoms with Gasteiger partial charge in [0.05, 0.1) is 12.2 Å². The zero-order chi connectivity index (χ0) is 16.2. The van der Waals surface area contributed by atoms with Gasteiger partial charge in [-0.2, -0.15) is 0 Å². The largest absolute Gasteiger partial charge is 0.461 e. The maximum absolute atomic E-state index is 12.1. The summed E-state index contributed by atoms with van der Waals surface area (Å²) in [7, 11) is 0. The molecule has 2 aromatic carbocycles. The fourth-order valence-electron chi connectivity index (χ4n) is 3.04. The van der Waals surface area contributed by atoms with Gasteiger partial charge >= 0.3 is 5.97 Å². The summed E-state index contributed by atoms with van der Waals surface area (Å²) in [5, 5.41) is -0.439. The number of carbonyl (C=O) groups excluding carboxylic acids is 2. The highest BCUT2D eigenvalue weighted by Gasteiger charge is 2.22. The lowest BCUT2D eigenvalue weighted by Gasteiger charge is -2.25. The van der Waals surface area contributed by atoms with Gasteiger partial charge in [0, 0.05) is 11.5 Å². The summed E-state index contributed by atoms with van der Waals surface area (Å²) < 4.78 is 5.47. The molecule has 23 heavy (non-hydrogen) atoms. The lowest BCUT2D eigenvalue weighted by Crippen LogP contribution is -2.18.